The van der Waals surface area contributed by atoms with E-state index in [1.54, 1.807) is 6.92 Å². The lowest BCUT2D eigenvalue weighted by atomic mass is 10.1. The molecule has 152 valence electrons. The van der Waals surface area contributed by atoms with Crippen LogP contribution in [0.3, 0.4) is 0 Å². The Morgan fingerprint density at radius 3 is 2.47 bits per heavy atom. The summed E-state index contributed by atoms with van der Waals surface area (Å²) >= 11 is 0. The lowest BCUT2D eigenvalue weighted by Gasteiger charge is -2.14. The van der Waals surface area contributed by atoms with Gasteiger partial charge in [0.2, 0.25) is 0 Å². The molecule has 0 aliphatic carbocycles. The van der Waals surface area contributed by atoms with Crippen LogP contribution in [-0.4, -0.2) is 17.9 Å². The fraction of sp³-hybridized carbons (Fsp3) is 0.130. The second kappa shape index (κ2) is 7.87. The molecule has 1 atom stereocenters. The Bertz CT molecular complexity index is 1250. The third-order valence-corrected chi connectivity index (χ3v) is 4.83. The SMILES string of the molecule is Cc1c(C(=O)NNC(=O)C(C)Oc2ccc(F)cc2)oc2c1ccc1ccccc12. The maximum atomic E-state index is 13.0. The number of rotatable bonds is 4. The quantitative estimate of drug-likeness (QED) is 0.496. The van der Waals surface area contributed by atoms with Gasteiger partial charge in [0, 0.05) is 16.3 Å². The predicted octanol–water partition coefficient (Wildman–Crippen LogP) is 4.26. The summed E-state index contributed by atoms with van der Waals surface area (Å²) in [5.74, 6) is -1.08. The molecule has 7 heteroatoms. The van der Waals surface area contributed by atoms with Crippen LogP contribution in [0.25, 0.3) is 21.7 Å². The maximum absolute atomic E-state index is 13.0. The standard InChI is InChI=1S/C23H19FN2O4/c1-13-18-12-7-15-5-3-4-6-19(15)21(18)30-20(13)23(28)26-25-22(27)14(2)29-17-10-8-16(24)9-11-17/h3-12,14H,1-2H3,(H,25,27)(H,26,28). The fourth-order valence-corrected chi connectivity index (χ4v) is 3.21. The van der Waals surface area contributed by atoms with Gasteiger partial charge in [-0.1, -0.05) is 36.4 Å². The van der Waals surface area contributed by atoms with E-state index in [0.717, 1.165) is 16.2 Å². The van der Waals surface area contributed by atoms with Crippen molar-refractivity contribution in [1.29, 1.82) is 0 Å². The van der Waals surface area contributed by atoms with Gasteiger partial charge >= 0.3 is 5.91 Å². The average Bonchev–Trinajstić information content (AvgIpc) is 3.10. The summed E-state index contributed by atoms with van der Waals surface area (Å²) in [6.45, 7) is 3.31. The van der Waals surface area contributed by atoms with Crippen LogP contribution in [0.2, 0.25) is 0 Å². The van der Waals surface area contributed by atoms with Gasteiger partial charge in [0.05, 0.1) is 0 Å². The van der Waals surface area contributed by atoms with Crippen molar-refractivity contribution in [2.75, 3.05) is 0 Å². The molecule has 1 heterocycles. The summed E-state index contributed by atoms with van der Waals surface area (Å²) in [6.07, 6.45) is -0.906. The van der Waals surface area contributed by atoms with Gasteiger partial charge in [-0.3, -0.25) is 20.4 Å². The van der Waals surface area contributed by atoms with Crippen LogP contribution in [0.5, 0.6) is 5.75 Å². The largest absolute Gasteiger partial charge is 0.481 e. The zero-order chi connectivity index (χ0) is 21.3. The molecule has 0 bridgehead atoms. The summed E-state index contributed by atoms with van der Waals surface area (Å²) in [7, 11) is 0. The molecule has 3 aromatic carbocycles. The zero-order valence-electron chi connectivity index (χ0n) is 16.4. The molecule has 30 heavy (non-hydrogen) atoms. The average molecular weight is 406 g/mol. The molecular formula is C23H19FN2O4. The summed E-state index contributed by atoms with van der Waals surface area (Å²) in [5, 5.41) is 2.74. The molecule has 2 amide bonds. The van der Waals surface area contributed by atoms with Crippen molar-refractivity contribution in [3.8, 4) is 5.75 Å². The number of nitrogens with one attached hydrogen (secondary N) is 2. The van der Waals surface area contributed by atoms with Crippen molar-refractivity contribution in [1.82, 2.24) is 10.9 Å². The second-order valence-corrected chi connectivity index (χ2v) is 6.88. The number of halogens is 1. The first kappa shape index (κ1) is 19.4. The monoisotopic (exact) mass is 406 g/mol. The van der Waals surface area contributed by atoms with Gasteiger partial charge in [0.15, 0.2) is 11.9 Å². The van der Waals surface area contributed by atoms with Crippen LogP contribution in [-0.2, 0) is 4.79 Å². The van der Waals surface area contributed by atoms with Gasteiger partial charge < -0.3 is 9.15 Å². The minimum Gasteiger partial charge on any atom is -0.481 e. The van der Waals surface area contributed by atoms with Crippen LogP contribution in [0.1, 0.15) is 23.0 Å². The molecule has 0 saturated carbocycles. The molecule has 0 aliphatic heterocycles. The minimum atomic E-state index is -0.906. The molecule has 0 radical (unpaired) electrons. The number of fused-ring (bicyclic) bond motifs is 3. The highest BCUT2D eigenvalue weighted by Gasteiger charge is 2.21. The summed E-state index contributed by atoms with van der Waals surface area (Å²) in [4.78, 5) is 24.8. The van der Waals surface area contributed by atoms with E-state index in [0.29, 0.717) is 16.9 Å². The zero-order valence-corrected chi connectivity index (χ0v) is 16.4. The Hall–Kier alpha value is -3.87. The topological polar surface area (TPSA) is 80.6 Å². The highest BCUT2D eigenvalue weighted by molar-refractivity contribution is 6.09. The Labute approximate surface area is 171 Å². The highest BCUT2D eigenvalue weighted by Crippen LogP contribution is 2.31. The van der Waals surface area contributed by atoms with Crippen LogP contribution in [0.4, 0.5) is 4.39 Å². The number of amides is 2. The van der Waals surface area contributed by atoms with Gasteiger partial charge in [0.25, 0.3) is 5.91 Å². The van der Waals surface area contributed by atoms with Crippen LogP contribution < -0.4 is 15.6 Å². The fourth-order valence-electron chi connectivity index (χ4n) is 3.21. The number of hydrazine groups is 1. The molecule has 6 nitrogen and oxygen atoms in total. The number of furan rings is 1. The van der Waals surface area contributed by atoms with E-state index >= 15 is 0 Å². The van der Waals surface area contributed by atoms with E-state index in [9.17, 15) is 14.0 Å². The van der Waals surface area contributed by atoms with Crippen molar-refractivity contribution < 1.29 is 23.1 Å². The van der Waals surface area contributed by atoms with Gasteiger partial charge in [-0.05, 0) is 43.5 Å². The van der Waals surface area contributed by atoms with Gasteiger partial charge in [0.1, 0.15) is 17.1 Å². The van der Waals surface area contributed by atoms with Crippen molar-refractivity contribution >= 4 is 33.6 Å². The lowest BCUT2D eigenvalue weighted by molar-refractivity contribution is -0.128. The van der Waals surface area contributed by atoms with E-state index in [2.05, 4.69) is 10.9 Å². The van der Waals surface area contributed by atoms with Gasteiger partial charge in [-0.2, -0.15) is 0 Å². The van der Waals surface area contributed by atoms with Crippen molar-refractivity contribution in [3.05, 3.63) is 77.8 Å². The smallest absolute Gasteiger partial charge is 0.305 e. The van der Waals surface area contributed by atoms with E-state index in [4.69, 9.17) is 9.15 Å². The molecule has 1 aromatic heterocycles. The number of ether oxygens (including phenoxy) is 1. The number of aryl methyl sites for hydroxylation is 1. The number of benzene rings is 3. The van der Waals surface area contributed by atoms with E-state index in [1.807, 2.05) is 36.4 Å². The number of carbonyl (C=O) groups excluding carboxylic acids is 2. The first-order valence-corrected chi connectivity index (χ1v) is 9.37. The minimum absolute atomic E-state index is 0.119. The molecule has 0 aliphatic rings. The molecular weight excluding hydrogens is 387 g/mol. The lowest BCUT2D eigenvalue weighted by Crippen LogP contribution is -2.47. The second-order valence-electron chi connectivity index (χ2n) is 6.88. The normalized spacial score (nSPS) is 12.0. The molecule has 0 fully saturated rings. The number of hydrogen-bond acceptors (Lipinski definition) is 4. The van der Waals surface area contributed by atoms with E-state index < -0.39 is 23.7 Å². The molecule has 0 spiro atoms. The maximum Gasteiger partial charge on any atom is 0.305 e. The Morgan fingerprint density at radius 1 is 0.967 bits per heavy atom. The van der Waals surface area contributed by atoms with Crippen molar-refractivity contribution in [2.45, 2.75) is 20.0 Å². The van der Waals surface area contributed by atoms with Crippen LogP contribution >= 0.6 is 0 Å². The molecule has 0 saturated heterocycles. The third-order valence-electron chi connectivity index (χ3n) is 4.83. The Morgan fingerprint density at radius 2 is 1.70 bits per heavy atom. The van der Waals surface area contributed by atoms with Gasteiger partial charge in [-0.15, -0.1) is 0 Å². The Balaban J connectivity index is 1.46. The summed E-state index contributed by atoms with van der Waals surface area (Å²) in [6, 6.07) is 16.9. The first-order valence-electron chi connectivity index (χ1n) is 9.37. The molecule has 4 rings (SSSR count). The first-order chi connectivity index (χ1) is 14.4. The highest BCUT2D eigenvalue weighted by atomic mass is 19.1. The van der Waals surface area contributed by atoms with Crippen LogP contribution in [0.15, 0.2) is 65.1 Å². The van der Waals surface area contributed by atoms with Crippen molar-refractivity contribution in [3.63, 3.8) is 0 Å². The van der Waals surface area contributed by atoms with Crippen LogP contribution in [0, 0.1) is 12.7 Å². The van der Waals surface area contributed by atoms with Gasteiger partial charge in [-0.25, -0.2) is 4.39 Å². The summed E-state index contributed by atoms with van der Waals surface area (Å²) < 4.78 is 24.2. The Kier molecular flexibility index (Phi) is 5.10. The van der Waals surface area contributed by atoms with Crippen molar-refractivity contribution in [2.24, 2.45) is 0 Å². The van der Waals surface area contributed by atoms with E-state index in [-0.39, 0.29) is 5.76 Å². The number of hydrogen-bond donors (Lipinski definition) is 2. The molecule has 4 aromatic rings. The third kappa shape index (κ3) is 3.69. The molecule has 1 unspecified atom stereocenters. The van der Waals surface area contributed by atoms with E-state index in [1.165, 1.54) is 31.2 Å². The summed E-state index contributed by atoms with van der Waals surface area (Å²) in [5.41, 5.74) is 5.97. The predicted molar refractivity (Wildman–Crippen MR) is 111 cm³/mol. The molecule has 2 N–H and O–H groups in total. The number of carbonyl (C=O) groups is 2.